The molecule has 5 atom stereocenters. The maximum Gasteiger partial charge on any atom is 0.459 e. The normalized spacial score (nSPS) is 20.3. The van der Waals surface area contributed by atoms with Gasteiger partial charge in [-0.3, -0.25) is 13.9 Å². The second-order valence-electron chi connectivity index (χ2n) is 13.8. The number of rotatable bonds is 24. The summed E-state index contributed by atoms with van der Waals surface area (Å²) in [6, 6.07) is 7.23. The van der Waals surface area contributed by atoms with Gasteiger partial charge in [0.2, 0.25) is 0 Å². The minimum absolute atomic E-state index is 0.0410. The molecule has 1 aliphatic rings. The van der Waals surface area contributed by atoms with Crippen molar-refractivity contribution in [2.45, 2.75) is 147 Å². The van der Waals surface area contributed by atoms with Crippen LogP contribution in [-0.2, 0) is 23.4 Å². The van der Waals surface area contributed by atoms with Crippen LogP contribution in [0.1, 0.15) is 123 Å². The van der Waals surface area contributed by atoms with Crippen LogP contribution in [0.3, 0.4) is 0 Å². The zero-order valence-corrected chi connectivity index (χ0v) is 32.1. The van der Waals surface area contributed by atoms with Gasteiger partial charge in [-0.25, -0.2) is 9.55 Å². The van der Waals surface area contributed by atoms with E-state index in [9.17, 15) is 18.9 Å². The molecular formula is C38H56FN6O7P. The molecule has 0 amide bonds. The lowest BCUT2D eigenvalue weighted by atomic mass is 9.99. The van der Waals surface area contributed by atoms with Gasteiger partial charge in [-0.15, -0.1) is 6.42 Å². The van der Waals surface area contributed by atoms with Crippen LogP contribution in [0.5, 0.6) is 5.75 Å². The van der Waals surface area contributed by atoms with Crippen LogP contribution in [-0.4, -0.2) is 61.1 Å². The van der Waals surface area contributed by atoms with Crippen molar-refractivity contribution in [3.63, 3.8) is 0 Å². The van der Waals surface area contributed by atoms with E-state index in [1.807, 2.05) is 0 Å². The highest BCUT2D eigenvalue weighted by molar-refractivity contribution is 7.52. The Labute approximate surface area is 312 Å². The lowest BCUT2D eigenvalue weighted by Crippen LogP contribution is -2.44. The molecule has 1 aromatic carbocycles. The first-order chi connectivity index (χ1) is 25.5. The van der Waals surface area contributed by atoms with Gasteiger partial charge >= 0.3 is 19.8 Å². The van der Waals surface area contributed by atoms with E-state index in [4.69, 9.17) is 30.7 Å². The van der Waals surface area contributed by atoms with Gasteiger partial charge in [-0.1, -0.05) is 102 Å². The maximum absolute atomic E-state index is 14.4. The van der Waals surface area contributed by atoms with Crippen molar-refractivity contribution < 1.29 is 37.4 Å². The fourth-order valence-corrected chi connectivity index (χ4v) is 7.88. The van der Waals surface area contributed by atoms with Crippen LogP contribution in [0.15, 0.2) is 36.7 Å². The summed E-state index contributed by atoms with van der Waals surface area (Å²) in [6.45, 7) is 5.31. The summed E-state index contributed by atoms with van der Waals surface area (Å²) < 4.78 is 53.7. The van der Waals surface area contributed by atoms with E-state index in [-0.39, 0.29) is 35.3 Å². The van der Waals surface area contributed by atoms with Crippen LogP contribution >= 0.6 is 7.75 Å². The SMILES string of the molecule is C#C[C@]1(CO[P@@](=O)(N[C@@H](C)C(=O)OC(CCCCCCCC)CCCCCCCC)Oc2ccccc2)O[C@@H](n2cnc3c(N)nc(F)nc32)C[C@@H]1O. The molecule has 13 nitrogen and oxygen atoms in total. The zero-order chi connectivity index (χ0) is 38.3. The lowest BCUT2D eigenvalue weighted by Gasteiger charge is -2.30. The lowest BCUT2D eigenvalue weighted by molar-refractivity contribution is -0.151. The van der Waals surface area contributed by atoms with Crippen molar-refractivity contribution in [1.82, 2.24) is 24.6 Å². The molecule has 1 saturated heterocycles. The standard InChI is InChI=1S/C38H56FN6O7P/c1-5-8-10-12-14-17-21-29(22-18-15-13-11-9-6-2)50-36(47)28(4)44-53(48,52-30-23-19-16-20-24-30)49-26-38(7-3)31(46)25-32(51-38)45-27-41-33-34(40)42-37(39)43-35(33)45/h3,16,19-20,23-24,27-29,31-32,46H,5-6,8-15,17-18,21-22,25-26H2,1-2,4H3,(H,44,48)(H2,40,42,43)/t28-,31-,32+,38+,53-/m0/s1. The van der Waals surface area contributed by atoms with E-state index in [0.29, 0.717) is 0 Å². The van der Waals surface area contributed by atoms with Crippen molar-refractivity contribution >= 4 is 30.7 Å². The van der Waals surface area contributed by atoms with Gasteiger partial charge in [-0.2, -0.15) is 19.4 Å². The second-order valence-corrected chi connectivity index (χ2v) is 15.5. The summed E-state index contributed by atoms with van der Waals surface area (Å²) in [5.74, 6) is 1.90. The molecule has 292 valence electrons. The quantitative estimate of drug-likeness (QED) is 0.0267. The molecule has 53 heavy (non-hydrogen) atoms. The number of para-hydroxylation sites is 1. The number of benzene rings is 1. The highest BCUT2D eigenvalue weighted by atomic mass is 31.2. The largest absolute Gasteiger partial charge is 0.461 e. The van der Waals surface area contributed by atoms with Crippen molar-refractivity contribution in [3.05, 3.63) is 42.7 Å². The molecule has 0 spiro atoms. The van der Waals surface area contributed by atoms with Crippen molar-refractivity contribution in [3.8, 4) is 18.1 Å². The third-order valence-electron chi connectivity index (χ3n) is 9.45. The first-order valence-electron chi connectivity index (χ1n) is 19.0. The minimum atomic E-state index is -4.38. The van der Waals surface area contributed by atoms with Crippen LogP contribution in [0.25, 0.3) is 11.2 Å². The van der Waals surface area contributed by atoms with Gasteiger partial charge in [-0.05, 0) is 44.7 Å². The summed E-state index contributed by atoms with van der Waals surface area (Å²) in [5.41, 5.74) is 4.18. The summed E-state index contributed by atoms with van der Waals surface area (Å²) >= 11 is 0. The number of aromatic nitrogens is 4. The number of aliphatic hydroxyl groups is 1. The molecule has 15 heteroatoms. The highest BCUT2D eigenvalue weighted by Crippen LogP contribution is 2.48. The van der Waals surface area contributed by atoms with Gasteiger partial charge < -0.3 is 24.8 Å². The minimum Gasteiger partial charge on any atom is -0.461 e. The Morgan fingerprint density at radius 3 is 2.34 bits per heavy atom. The number of hydrogen-bond donors (Lipinski definition) is 3. The zero-order valence-electron chi connectivity index (χ0n) is 31.3. The number of nitrogens with zero attached hydrogens (tertiary/aromatic N) is 4. The predicted molar refractivity (Wildman–Crippen MR) is 201 cm³/mol. The van der Waals surface area contributed by atoms with E-state index in [0.717, 1.165) is 51.4 Å². The first kappa shape index (κ1) is 42.1. The number of nitrogens with one attached hydrogen (secondary N) is 1. The summed E-state index contributed by atoms with van der Waals surface area (Å²) in [7, 11) is -4.38. The molecule has 0 unspecified atom stereocenters. The summed E-state index contributed by atoms with van der Waals surface area (Å²) in [4.78, 5) is 24.9. The molecule has 1 aliphatic heterocycles. The number of carbonyl (C=O) groups excluding carboxylic acids is 1. The van der Waals surface area contributed by atoms with Crippen LogP contribution < -0.4 is 15.3 Å². The van der Waals surface area contributed by atoms with Crippen LogP contribution in [0.2, 0.25) is 0 Å². The smallest absolute Gasteiger partial charge is 0.459 e. The Morgan fingerprint density at radius 2 is 1.72 bits per heavy atom. The molecule has 0 aliphatic carbocycles. The first-order valence-corrected chi connectivity index (χ1v) is 20.5. The third kappa shape index (κ3) is 12.2. The Balaban J connectivity index is 1.45. The van der Waals surface area contributed by atoms with E-state index in [1.165, 1.54) is 56.3 Å². The number of aliphatic hydroxyl groups excluding tert-OH is 1. The number of carbonyl (C=O) groups is 1. The molecule has 3 aromatic rings. The number of ether oxygens (including phenoxy) is 2. The molecule has 1 fully saturated rings. The Morgan fingerprint density at radius 1 is 1.09 bits per heavy atom. The van der Waals surface area contributed by atoms with Gasteiger partial charge in [0.25, 0.3) is 0 Å². The molecule has 0 bridgehead atoms. The van der Waals surface area contributed by atoms with E-state index in [1.54, 1.807) is 30.3 Å². The number of nitrogens with two attached hydrogens (primary N) is 1. The number of unbranched alkanes of at least 4 members (excludes halogenated alkanes) is 10. The summed E-state index contributed by atoms with van der Waals surface area (Å²) in [6.07, 6.45) is 18.6. The number of imidazole rings is 1. The Kier molecular flexibility index (Phi) is 16.5. The molecule has 2 aromatic heterocycles. The van der Waals surface area contributed by atoms with Crippen molar-refractivity contribution in [1.29, 1.82) is 0 Å². The van der Waals surface area contributed by atoms with Gasteiger partial charge in [0.1, 0.15) is 36.8 Å². The number of hydrogen-bond acceptors (Lipinski definition) is 11. The second kappa shape index (κ2) is 20.7. The van der Waals surface area contributed by atoms with E-state index >= 15 is 0 Å². The average molecular weight is 759 g/mol. The number of esters is 1. The molecule has 0 saturated carbocycles. The maximum atomic E-state index is 14.4. The fraction of sp³-hybridized carbons (Fsp3) is 0.632. The molecule has 3 heterocycles. The number of terminal acetylenes is 1. The predicted octanol–water partition coefficient (Wildman–Crippen LogP) is 7.79. The van der Waals surface area contributed by atoms with Crippen molar-refractivity contribution in [2.75, 3.05) is 12.3 Å². The van der Waals surface area contributed by atoms with Gasteiger partial charge in [0.05, 0.1) is 6.33 Å². The number of halogens is 1. The number of nitrogen functional groups attached to an aromatic ring is 1. The van der Waals surface area contributed by atoms with E-state index < -0.39 is 50.4 Å². The van der Waals surface area contributed by atoms with Crippen molar-refractivity contribution in [2.24, 2.45) is 0 Å². The molecular weight excluding hydrogens is 702 g/mol. The van der Waals surface area contributed by atoms with Gasteiger partial charge in [0.15, 0.2) is 22.6 Å². The number of anilines is 1. The molecule has 0 radical (unpaired) electrons. The van der Waals surface area contributed by atoms with Crippen LogP contribution in [0, 0.1) is 18.4 Å². The van der Waals surface area contributed by atoms with E-state index in [2.05, 4.69) is 39.8 Å². The van der Waals surface area contributed by atoms with Crippen LogP contribution in [0.4, 0.5) is 10.2 Å². The topological polar surface area (TPSA) is 173 Å². The monoisotopic (exact) mass is 758 g/mol. The van der Waals surface area contributed by atoms with Gasteiger partial charge in [0, 0.05) is 6.42 Å². The fourth-order valence-electron chi connectivity index (χ4n) is 6.36. The summed E-state index contributed by atoms with van der Waals surface area (Å²) in [5, 5.41) is 13.9. The third-order valence-corrected chi connectivity index (χ3v) is 11.1. The molecule has 4 N–H and O–H groups in total. The molecule has 4 rings (SSSR count). The highest BCUT2D eigenvalue weighted by Gasteiger charge is 2.50. The number of fused-ring (bicyclic) bond motifs is 1. The Hall–Kier alpha value is -3.60. The average Bonchev–Trinajstić information content (AvgIpc) is 3.71. The Bertz CT molecular complexity index is 1660.